The average molecular weight is 377 g/mol. The molecule has 1 aromatic carbocycles. The van der Waals surface area contributed by atoms with Crippen LogP contribution in [0.15, 0.2) is 57.7 Å². The third kappa shape index (κ3) is 3.22. The number of benzene rings is 1. The molecule has 7 nitrogen and oxygen atoms in total. The molecule has 0 saturated carbocycles. The van der Waals surface area contributed by atoms with Gasteiger partial charge in [-0.2, -0.15) is 0 Å². The molecule has 3 aromatic heterocycles. The van der Waals surface area contributed by atoms with Gasteiger partial charge in [0.15, 0.2) is 5.76 Å². The zero-order chi connectivity index (χ0) is 19.7. The van der Waals surface area contributed by atoms with Crippen molar-refractivity contribution in [3.63, 3.8) is 0 Å². The predicted molar refractivity (Wildman–Crippen MR) is 103 cm³/mol. The summed E-state index contributed by atoms with van der Waals surface area (Å²) in [6.45, 7) is 3.70. The summed E-state index contributed by atoms with van der Waals surface area (Å²) >= 11 is 0. The molecule has 0 saturated heterocycles. The van der Waals surface area contributed by atoms with Crippen molar-refractivity contribution < 1.29 is 18.5 Å². The van der Waals surface area contributed by atoms with E-state index in [9.17, 15) is 4.79 Å². The highest BCUT2D eigenvalue weighted by Gasteiger charge is 2.21. The molecule has 0 fully saturated rings. The molecule has 0 aliphatic heterocycles. The lowest BCUT2D eigenvalue weighted by molar-refractivity contribution is 0.0941. The Morgan fingerprint density at radius 3 is 2.82 bits per heavy atom. The van der Waals surface area contributed by atoms with E-state index in [-0.39, 0.29) is 11.9 Å². The molecule has 3 heterocycles. The van der Waals surface area contributed by atoms with Crippen molar-refractivity contribution in [3.05, 3.63) is 65.5 Å². The molecule has 4 aromatic rings. The number of methoxy groups -OCH3 is 1. The number of furan rings is 1. The van der Waals surface area contributed by atoms with Crippen molar-refractivity contribution in [3.8, 4) is 17.2 Å². The molecule has 7 heteroatoms. The van der Waals surface area contributed by atoms with Gasteiger partial charge in [-0.1, -0.05) is 17.3 Å². The van der Waals surface area contributed by atoms with Gasteiger partial charge in [0, 0.05) is 0 Å². The zero-order valence-electron chi connectivity index (χ0n) is 15.7. The number of fused-ring (bicyclic) bond motifs is 1. The number of carbonyl (C=O) groups is 1. The quantitative estimate of drug-likeness (QED) is 0.558. The van der Waals surface area contributed by atoms with Crippen LogP contribution in [0.1, 0.15) is 34.6 Å². The molecule has 1 amide bonds. The predicted octanol–water partition coefficient (Wildman–Crippen LogP) is 4.29. The number of amides is 1. The van der Waals surface area contributed by atoms with Gasteiger partial charge in [0.25, 0.3) is 11.6 Å². The number of pyridine rings is 1. The van der Waals surface area contributed by atoms with E-state index in [1.807, 2.05) is 31.2 Å². The molecule has 28 heavy (non-hydrogen) atoms. The minimum Gasteiger partial charge on any atom is -0.497 e. The second-order valence-corrected chi connectivity index (χ2v) is 6.45. The summed E-state index contributed by atoms with van der Waals surface area (Å²) in [4.78, 5) is 17.5. The van der Waals surface area contributed by atoms with Crippen LogP contribution in [0.3, 0.4) is 0 Å². The van der Waals surface area contributed by atoms with Crippen molar-refractivity contribution in [2.45, 2.75) is 19.9 Å². The molecule has 1 N–H and O–H groups in total. The number of ether oxygens (including phenoxy) is 1. The fourth-order valence-electron chi connectivity index (χ4n) is 3.09. The molecule has 0 spiro atoms. The lowest BCUT2D eigenvalue weighted by Crippen LogP contribution is -2.27. The first-order valence-corrected chi connectivity index (χ1v) is 8.82. The van der Waals surface area contributed by atoms with Crippen molar-refractivity contribution in [1.29, 1.82) is 0 Å². The van der Waals surface area contributed by atoms with Crippen molar-refractivity contribution in [1.82, 2.24) is 15.5 Å². The maximum Gasteiger partial charge on any atom is 0.259 e. The van der Waals surface area contributed by atoms with Gasteiger partial charge >= 0.3 is 0 Å². The molecular weight excluding hydrogens is 358 g/mol. The summed E-state index contributed by atoms with van der Waals surface area (Å²) in [5, 5.41) is 7.57. The van der Waals surface area contributed by atoms with Crippen LogP contribution in [-0.4, -0.2) is 23.2 Å². The van der Waals surface area contributed by atoms with Crippen LogP contribution in [0.25, 0.3) is 22.6 Å². The average Bonchev–Trinajstić information content (AvgIpc) is 3.37. The first-order chi connectivity index (χ1) is 13.6. The highest BCUT2D eigenvalue weighted by molar-refractivity contribution is 6.07. The van der Waals surface area contributed by atoms with E-state index < -0.39 is 0 Å². The Bertz CT molecular complexity index is 1130. The maximum atomic E-state index is 13.1. The van der Waals surface area contributed by atoms with E-state index in [1.54, 1.807) is 38.5 Å². The minimum atomic E-state index is -0.248. The van der Waals surface area contributed by atoms with Crippen LogP contribution >= 0.6 is 0 Å². The zero-order valence-corrected chi connectivity index (χ0v) is 15.7. The van der Waals surface area contributed by atoms with Gasteiger partial charge in [0.1, 0.15) is 11.4 Å². The second-order valence-electron chi connectivity index (χ2n) is 6.45. The van der Waals surface area contributed by atoms with Crippen LogP contribution in [-0.2, 0) is 0 Å². The first-order valence-electron chi connectivity index (χ1n) is 8.82. The smallest absolute Gasteiger partial charge is 0.259 e. The van der Waals surface area contributed by atoms with Crippen LogP contribution in [0, 0.1) is 6.92 Å². The third-order valence-corrected chi connectivity index (χ3v) is 4.58. The number of rotatable bonds is 5. The molecule has 4 rings (SSSR count). The molecule has 0 radical (unpaired) electrons. The van der Waals surface area contributed by atoms with Crippen molar-refractivity contribution in [2.24, 2.45) is 0 Å². The number of aryl methyl sites for hydroxylation is 1. The first kappa shape index (κ1) is 17.8. The van der Waals surface area contributed by atoms with Crippen LogP contribution in [0.5, 0.6) is 5.75 Å². The summed E-state index contributed by atoms with van der Waals surface area (Å²) in [6, 6.07) is 12.6. The Balaban J connectivity index is 1.71. The number of hydrogen-bond acceptors (Lipinski definition) is 6. The van der Waals surface area contributed by atoms with Gasteiger partial charge in [0.05, 0.1) is 36.1 Å². The third-order valence-electron chi connectivity index (χ3n) is 4.58. The van der Waals surface area contributed by atoms with Gasteiger partial charge in [-0.15, -0.1) is 0 Å². The fraction of sp³-hybridized carbons (Fsp3) is 0.190. The topological polar surface area (TPSA) is 90.4 Å². The molecule has 142 valence electrons. The maximum absolute atomic E-state index is 13.1. The highest BCUT2D eigenvalue weighted by Crippen LogP contribution is 2.28. The number of aromatic nitrogens is 2. The Hall–Kier alpha value is -3.61. The van der Waals surface area contributed by atoms with Gasteiger partial charge in [0.2, 0.25) is 0 Å². The van der Waals surface area contributed by atoms with E-state index in [0.29, 0.717) is 33.8 Å². The normalized spacial score (nSPS) is 12.1. The van der Waals surface area contributed by atoms with E-state index in [4.69, 9.17) is 13.7 Å². The SMILES string of the molecule is COc1cccc(C(C)NC(=O)c2cc(-c3ccco3)nc3onc(C)c23)c1. The van der Waals surface area contributed by atoms with Gasteiger partial charge < -0.3 is 19.0 Å². The standard InChI is InChI=1S/C21H19N3O4/c1-12(14-6-4-7-15(10-14)26-3)22-20(25)16-11-17(18-8-5-9-27-18)23-21-19(16)13(2)24-28-21/h4-12H,1-3H3,(H,22,25). The summed E-state index contributed by atoms with van der Waals surface area (Å²) in [5.41, 5.74) is 2.78. The van der Waals surface area contributed by atoms with Crippen molar-refractivity contribution >= 4 is 17.0 Å². The van der Waals surface area contributed by atoms with E-state index in [1.165, 1.54) is 0 Å². The number of carbonyl (C=O) groups excluding carboxylic acids is 1. The Morgan fingerprint density at radius 1 is 1.21 bits per heavy atom. The van der Waals surface area contributed by atoms with Crippen molar-refractivity contribution in [2.75, 3.05) is 7.11 Å². The Morgan fingerprint density at radius 2 is 2.07 bits per heavy atom. The molecule has 1 unspecified atom stereocenters. The highest BCUT2D eigenvalue weighted by atomic mass is 16.5. The van der Waals surface area contributed by atoms with Crippen LogP contribution < -0.4 is 10.1 Å². The Labute approximate surface area is 161 Å². The molecule has 0 bridgehead atoms. The van der Waals surface area contributed by atoms with E-state index in [0.717, 1.165) is 11.3 Å². The number of nitrogens with zero attached hydrogens (tertiary/aromatic N) is 2. The molecule has 0 aliphatic rings. The van der Waals surface area contributed by atoms with E-state index >= 15 is 0 Å². The largest absolute Gasteiger partial charge is 0.497 e. The summed E-state index contributed by atoms with van der Waals surface area (Å²) in [6.07, 6.45) is 1.55. The molecule has 1 atom stereocenters. The number of nitrogens with one attached hydrogen (secondary N) is 1. The summed E-state index contributed by atoms with van der Waals surface area (Å²) < 4.78 is 16.0. The van der Waals surface area contributed by atoms with Gasteiger partial charge in [-0.25, -0.2) is 4.98 Å². The minimum absolute atomic E-state index is 0.224. The second kappa shape index (κ2) is 7.19. The number of hydrogen-bond donors (Lipinski definition) is 1. The molecular formula is C21H19N3O4. The Kier molecular flexibility index (Phi) is 4.57. The summed E-state index contributed by atoms with van der Waals surface area (Å²) in [7, 11) is 1.61. The monoisotopic (exact) mass is 377 g/mol. The van der Waals surface area contributed by atoms with Gasteiger partial charge in [-0.3, -0.25) is 4.79 Å². The van der Waals surface area contributed by atoms with E-state index in [2.05, 4.69) is 15.5 Å². The lowest BCUT2D eigenvalue weighted by atomic mass is 10.1. The van der Waals surface area contributed by atoms with Gasteiger partial charge in [-0.05, 0) is 49.7 Å². The lowest BCUT2D eigenvalue weighted by Gasteiger charge is -2.16. The van der Waals surface area contributed by atoms with Crippen LogP contribution in [0.4, 0.5) is 0 Å². The van der Waals surface area contributed by atoms with Crippen LogP contribution in [0.2, 0.25) is 0 Å². The molecule has 0 aliphatic carbocycles. The summed E-state index contributed by atoms with van der Waals surface area (Å²) in [5.74, 6) is 1.03. The fourth-order valence-corrected chi connectivity index (χ4v) is 3.09.